The van der Waals surface area contributed by atoms with Crippen LogP contribution >= 0.6 is 0 Å². The molecule has 0 saturated carbocycles. The van der Waals surface area contributed by atoms with Gasteiger partial charge >= 0.3 is 0 Å². The largest absolute Gasteiger partial charge is 0.295 e. The van der Waals surface area contributed by atoms with Crippen molar-refractivity contribution in [3.05, 3.63) is 82.0 Å². The quantitative estimate of drug-likeness (QED) is 0.736. The lowest BCUT2D eigenvalue weighted by atomic mass is 10.1. The maximum absolute atomic E-state index is 13.0. The van der Waals surface area contributed by atoms with E-state index in [4.69, 9.17) is 0 Å². The predicted molar refractivity (Wildman–Crippen MR) is 89.4 cm³/mol. The van der Waals surface area contributed by atoms with Crippen molar-refractivity contribution in [2.24, 2.45) is 4.99 Å². The minimum absolute atomic E-state index is 0.203. The number of benzene rings is 2. The molecule has 0 saturated heterocycles. The third kappa shape index (κ3) is 2.99. The van der Waals surface area contributed by atoms with Crippen LogP contribution in [0.4, 0.5) is 10.1 Å². The summed E-state index contributed by atoms with van der Waals surface area (Å²) >= 11 is 0. The van der Waals surface area contributed by atoms with E-state index in [1.165, 1.54) is 16.8 Å². The smallest absolute Gasteiger partial charge is 0.280 e. The van der Waals surface area contributed by atoms with E-state index < -0.39 is 0 Å². The maximum atomic E-state index is 13.0. The molecule has 0 fully saturated rings. The third-order valence-corrected chi connectivity index (χ3v) is 3.57. The maximum Gasteiger partial charge on any atom is 0.280 e. The number of aromatic nitrogens is 2. The van der Waals surface area contributed by atoms with Crippen LogP contribution < -0.4 is 5.56 Å². The Labute approximate surface area is 132 Å². The number of rotatable bonds is 3. The SMILES string of the molecule is CC(=Nc1ccccc1)c1c(C)[nH]n(-c2ccc(F)cc2)c1=O. The van der Waals surface area contributed by atoms with E-state index in [1.807, 2.05) is 37.3 Å². The van der Waals surface area contributed by atoms with Crippen LogP contribution in [0.1, 0.15) is 18.2 Å². The zero-order chi connectivity index (χ0) is 16.4. The van der Waals surface area contributed by atoms with Crippen molar-refractivity contribution in [1.29, 1.82) is 0 Å². The molecule has 3 aromatic rings. The van der Waals surface area contributed by atoms with Crippen molar-refractivity contribution in [1.82, 2.24) is 9.78 Å². The normalized spacial score (nSPS) is 11.7. The molecule has 116 valence electrons. The fraction of sp³-hybridized carbons (Fsp3) is 0.111. The van der Waals surface area contributed by atoms with E-state index in [2.05, 4.69) is 10.1 Å². The van der Waals surface area contributed by atoms with Crippen LogP contribution in [0, 0.1) is 12.7 Å². The molecule has 0 aliphatic carbocycles. The van der Waals surface area contributed by atoms with E-state index >= 15 is 0 Å². The van der Waals surface area contributed by atoms with Crippen molar-refractivity contribution in [3.8, 4) is 5.69 Å². The van der Waals surface area contributed by atoms with Gasteiger partial charge in [0, 0.05) is 5.69 Å². The third-order valence-electron chi connectivity index (χ3n) is 3.57. The molecule has 23 heavy (non-hydrogen) atoms. The van der Waals surface area contributed by atoms with Crippen LogP contribution in [0.25, 0.3) is 5.69 Å². The number of para-hydroxylation sites is 1. The molecular formula is C18H16FN3O. The molecule has 1 aromatic heterocycles. The molecule has 3 rings (SSSR count). The summed E-state index contributed by atoms with van der Waals surface area (Å²) in [6, 6.07) is 15.2. The van der Waals surface area contributed by atoms with E-state index in [0.717, 1.165) is 11.4 Å². The van der Waals surface area contributed by atoms with Gasteiger partial charge in [0.05, 0.1) is 22.6 Å². The van der Waals surface area contributed by atoms with Crippen LogP contribution in [0.15, 0.2) is 64.4 Å². The highest BCUT2D eigenvalue weighted by atomic mass is 19.1. The molecule has 0 atom stereocenters. The van der Waals surface area contributed by atoms with Crippen LogP contribution in [-0.2, 0) is 0 Å². The molecule has 1 heterocycles. The van der Waals surface area contributed by atoms with Gasteiger partial charge in [-0.05, 0) is 50.2 Å². The molecule has 0 amide bonds. The second-order valence-electron chi connectivity index (χ2n) is 5.26. The number of aryl methyl sites for hydroxylation is 1. The molecule has 0 aliphatic rings. The number of H-pyrrole nitrogens is 1. The first-order chi connectivity index (χ1) is 11.1. The van der Waals surface area contributed by atoms with Gasteiger partial charge in [0.1, 0.15) is 5.82 Å². The van der Waals surface area contributed by atoms with Crippen LogP contribution in [0.2, 0.25) is 0 Å². The lowest BCUT2D eigenvalue weighted by molar-refractivity contribution is 0.627. The van der Waals surface area contributed by atoms with Gasteiger partial charge in [-0.15, -0.1) is 0 Å². The van der Waals surface area contributed by atoms with E-state index in [1.54, 1.807) is 19.1 Å². The Bertz CT molecular complexity index is 906. The minimum Gasteiger partial charge on any atom is -0.295 e. The molecule has 0 radical (unpaired) electrons. The van der Waals surface area contributed by atoms with Gasteiger partial charge < -0.3 is 0 Å². The zero-order valence-corrected chi connectivity index (χ0v) is 12.9. The van der Waals surface area contributed by atoms with E-state index in [-0.39, 0.29) is 11.4 Å². The lowest BCUT2D eigenvalue weighted by Crippen LogP contribution is -2.19. The lowest BCUT2D eigenvalue weighted by Gasteiger charge is -2.00. The second-order valence-corrected chi connectivity index (χ2v) is 5.26. The van der Waals surface area contributed by atoms with Crippen LogP contribution in [-0.4, -0.2) is 15.5 Å². The first-order valence-corrected chi connectivity index (χ1v) is 7.24. The van der Waals surface area contributed by atoms with E-state index in [0.29, 0.717) is 17.0 Å². The highest BCUT2D eigenvalue weighted by molar-refractivity contribution is 6.00. The average molecular weight is 309 g/mol. The fourth-order valence-corrected chi connectivity index (χ4v) is 2.50. The Hall–Kier alpha value is -2.95. The molecule has 0 aliphatic heterocycles. The Morgan fingerprint density at radius 3 is 2.39 bits per heavy atom. The monoisotopic (exact) mass is 309 g/mol. The minimum atomic E-state index is -0.341. The molecular weight excluding hydrogens is 293 g/mol. The van der Waals surface area contributed by atoms with E-state index in [9.17, 15) is 9.18 Å². The summed E-state index contributed by atoms with van der Waals surface area (Å²) in [4.78, 5) is 17.2. The number of hydrogen-bond acceptors (Lipinski definition) is 2. The Kier molecular flexibility index (Phi) is 3.93. The van der Waals surface area contributed by atoms with Crippen LogP contribution in [0.3, 0.4) is 0 Å². The van der Waals surface area contributed by atoms with Gasteiger partial charge in [-0.2, -0.15) is 0 Å². The van der Waals surface area contributed by atoms with Crippen molar-refractivity contribution in [3.63, 3.8) is 0 Å². The summed E-state index contributed by atoms with van der Waals surface area (Å²) in [5.41, 5.74) is 3.05. The molecule has 0 unspecified atom stereocenters. The molecule has 5 heteroatoms. The molecule has 0 bridgehead atoms. The Morgan fingerprint density at radius 2 is 1.74 bits per heavy atom. The highest BCUT2D eigenvalue weighted by Gasteiger charge is 2.15. The number of hydrogen-bond donors (Lipinski definition) is 1. The van der Waals surface area contributed by atoms with Crippen molar-refractivity contribution in [2.75, 3.05) is 0 Å². The molecule has 1 N–H and O–H groups in total. The first kappa shape index (κ1) is 15.0. The molecule has 2 aromatic carbocycles. The summed E-state index contributed by atoms with van der Waals surface area (Å²) in [6.45, 7) is 3.63. The van der Waals surface area contributed by atoms with Gasteiger partial charge in [0.25, 0.3) is 5.56 Å². The highest BCUT2D eigenvalue weighted by Crippen LogP contribution is 2.14. The van der Waals surface area contributed by atoms with Gasteiger partial charge in [0.2, 0.25) is 0 Å². The Morgan fingerprint density at radius 1 is 1.09 bits per heavy atom. The van der Waals surface area contributed by atoms with Gasteiger partial charge in [-0.25, -0.2) is 9.07 Å². The van der Waals surface area contributed by atoms with Crippen molar-refractivity contribution >= 4 is 11.4 Å². The second kappa shape index (κ2) is 6.04. The summed E-state index contributed by atoms with van der Waals surface area (Å²) in [7, 11) is 0. The van der Waals surface area contributed by atoms with Gasteiger partial charge in [-0.3, -0.25) is 14.9 Å². The predicted octanol–water partition coefficient (Wildman–Crippen LogP) is 3.75. The fourth-order valence-electron chi connectivity index (χ4n) is 2.50. The standard InChI is InChI=1S/C18H16FN3O/c1-12(20-15-6-4-3-5-7-15)17-13(2)21-22(18(17)23)16-10-8-14(19)9-11-16/h3-11,21H,1-2H3. The number of nitrogens with one attached hydrogen (secondary N) is 1. The summed E-state index contributed by atoms with van der Waals surface area (Å²) in [6.07, 6.45) is 0. The number of aliphatic imine (C=N–C) groups is 1. The van der Waals surface area contributed by atoms with Gasteiger partial charge in [0.15, 0.2) is 0 Å². The number of halogens is 1. The topological polar surface area (TPSA) is 50.1 Å². The molecule has 0 spiro atoms. The summed E-state index contributed by atoms with van der Waals surface area (Å²) in [5.74, 6) is -0.341. The first-order valence-electron chi connectivity index (χ1n) is 7.24. The number of nitrogens with zero attached hydrogens (tertiary/aromatic N) is 2. The van der Waals surface area contributed by atoms with Crippen molar-refractivity contribution in [2.45, 2.75) is 13.8 Å². The van der Waals surface area contributed by atoms with Crippen molar-refractivity contribution < 1.29 is 4.39 Å². The van der Waals surface area contributed by atoms with Crippen LogP contribution in [0.5, 0.6) is 0 Å². The average Bonchev–Trinajstić information content (AvgIpc) is 2.84. The van der Waals surface area contributed by atoms with Gasteiger partial charge in [-0.1, -0.05) is 18.2 Å². The summed E-state index contributed by atoms with van der Waals surface area (Å²) < 4.78 is 14.4. The molecule has 4 nitrogen and oxygen atoms in total. The zero-order valence-electron chi connectivity index (χ0n) is 12.9. The number of aromatic amines is 1. The summed E-state index contributed by atoms with van der Waals surface area (Å²) in [5, 5.41) is 3.02. The Balaban J connectivity index is 2.06.